The maximum atomic E-state index is 11.9. The van der Waals surface area contributed by atoms with Crippen molar-refractivity contribution in [1.29, 1.82) is 4.78 Å². The van der Waals surface area contributed by atoms with Crippen LogP contribution in [0.1, 0.15) is 19.4 Å². The SMILES string of the molecule is Cc1cccc(S(=N)(=O)C(C)C)c1. The Hall–Kier alpha value is -0.830. The molecule has 1 atom stereocenters. The van der Waals surface area contributed by atoms with Crippen LogP contribution in [0.4, 0.5) is 0 Å². The molecule has 1 N–H and O–H groups in total. The monoisotopic (exact) mass is 197 g/mol. The van der Waals surface area contributed by atoms with E-state index in [4.69, 9.17) is 4.78 Å². The van der Waals surface area contributed by atoms with Crippen molar-refractivity contribution in [2.24, 2.45) is 0 Å². The third-order valence-corrected chi connectivity index (χ3v) is 4.29. The van der Waals surface area contributed by atoms with Crippen molar-refractivity contribution in [3.8, 4) is 0 Å². The molecule has 2 nitrogen and oxygen atoms in total. The van der Waals surface area contributed by atoms with E-state index in [0.29, 0.717) is 4.90 Å². The standard InChI is InChI=1S/C10H15NOS/c1-8(2)13(11,12)10-6-4-5-9(3)7-10/h4-8,11H,1-3H3. The minimum Gasteiger partial charge on any atom is -0.249 e. The highest BCUT2D eigenvalue weighted by molar-refractivity contribution is 7.93. The molecule has 3 heteroatoms. The van der Waals surface area contributed by atoms with Crippen molar-refractivity contribution in [3.05, 3.63) is 29.8 Å². The molecule has 0 saturated carbocycles. The predicted molar refractivity (Wildman–Crippen MR) is 55.4 cm³/mol. The first-order chi connectivity index (χ1) is 5.94. The Labute approximate surface area is 80.0 Å². The lowest BCUT2D eigenvalue weighted by molar-refractivity contribution is 0.667. The molecule has 0 saturated heterocycles. The van der Waals surface area contributed by atoms with Gasteiger partial charge in [0.25, 0.3) is 0 Å². The zero-order valence-corrected chi connectivity index (χ0v) is 9.02. The molecule has 0 radical (unpaired) electrons. The Morgan fingerprint density at radius 1 is 1.38 bits per heavy atom. The van der Waals surface area contributed by atoms with Crippen LogP contribution in [0.3, 0.4) is 0 Å². The Bertz CT molecular complexity index is 393. The number of aryl methyl sites for hydroxylation is 1. The Morgan fingerprint density at radius 3 is 2.46 bits per heavy atom. The number of rotatable bonds is 2. The molecule has 0 aromatic heterocycles. The second-order valence-electron chi connectivity index (χ2n) is 3.47. The minimum absolute atomic E-state index is 0.130. The van der Waals surface area contributed by atoms with Crippen LogP contribution in [-0.4, -0.2) is 9.46 Å². The molecule has 13 heavy (non-hydrogen) atoms. The van der Waals surface area contributed by atoms with Gasteiger partial charge in [0.05, 0.1) is 9.73 Å². The van der Waals surface area contributed by atoms with E-state index >= 15 is 0 Å². The zero-order chi connectivity index (χ0) is 10.1. The number of hydrogen-bond donors (Lipinski definition) is 1. The second-order valence-corrected chi connectivity index (χ2v) is 6.08. The van der Waals surface area contributed by atoms with Crippen LogP contribution in [0.15, 0.2) is 29.2 Å². The van der Waals surface area contributed by atoms with Gasteiger partial charge in [-0.3, -0.25) is 0 Å². The fourth-order valence-corrected chi connectivity index (χ4v) is 2.26. The molecule has 0 aliphatic heterocycles. The first-order valence-electron chi connectivity index (χ1n) is 4.29. The fourth-order valence-electron chi connectivity index (χ4n) is 1.08. The summed E-state index contributed by atoms with van der Waals surface area (Å²) < 4.78 is 19.7. The smallest absolute Gasteiger partial charge is 0.0749 e. The van der Waals surface area contributed by atoms with E-state index in [1.54, 1.807) is 6.07 Å². The van der Waals surface area contributed by atoms with E-state index < -0.39 is 9.73 Å². The van der Waals surface area contributed by atoms with Gasteiger partial charge in [0.15, 0.2) is 0 Å². The summed E-state index contributed by atoms with van der Waals surface area (Å²) in [5.41, 5.74) is 1.05. The van der Waals surface area contributed by atoms with Gasteiger partial charge in [-0.15, -0.1) is 0 Å². The number of nitrogens with one attached hydrogen (secondary N) is 1. The highest BCUT2D eigenvalue weighted by Gasteiger charge is 2.14. The van der Waals surface area contributed by atoms with Crippen molar-refractivity contribution in [3.63, 3.8) is 0 Å². The molecule has 0 aliphatic carbocycles. The third-order valence-electron chi connectivity index (χ3n) is 2.00. The molecule has 0 amide bonds. The summed E-state index contributed by atoms with van der Waals surface area (Å²) in [4.78, 5) is 0.641. The molecule has 1 aromatic rings. The van der Waals surface area contributed by atoms with Gasteiger partial charge in [0, 0.05) is 10.1 Å². The lowest BCUT2D eigenvalue weighted by Crippen LogP contribution is -2.12. The molecule has 0 spiro atoms. The lowest BCUT2D eigenvalue weighted by Gasteiger charge is -2.11. The molecule has 0 heterocycles. The van der Waals surface area contributed by atoms with Gasteiger partial charge in [-0.1, -0.05) is 12.1 Å². The molecule has 1 rings (SSSR count). The molecule has 1 aromatic carbocycles. The summed E-state index contributed by atoms with van der Waals surface area (Å²) >= 11 is 0. The van der Waals surface area contributed by atoms with Crippen LogP contribution in [0.5, 0.6) is 0 Å². The highest BCUT2D eigenvalue weighted by Crippen LogP contribution is 2.17. The van der Waals surface area contributed by atoms with E-state index in [1.165, 1.54) is 0 Å². The topological polar surface area (TPSA) is 40.9 Å². The van der Waals surface area contributed by atoms with Crippen molar-refractivity contribution < 1.29 is 4.21 Å². The number of benzene rings is 1. The molecule has 72 valence electrons. The van der Waals surface area contributed by atoms with Gasteiger partial charge >= 0.3 is 0 Å². The first kappa shape index (κ1) is 10.3. The van der Waals surface area contributed by atoms with E-state index in [-0.39, 0.29) is 5.25 Å². The summed E-state index contributed by atoms with van der Waals surface area (Å²) in [5, 5.41) is -0.130. The van der Waals surface area contributed by atoms with E-state index in [0.717, 1.165) is 5.56 Å². The molecular formula is C10H15NOS. The summed E-state index contributed by atoms with van der Waals surface area (Å²) in [6.07, 6.45) is 0. The largest absolute Gasteiger partial charge is 0.249 e. The molecule has 0 bridgehead atoms. The van der Waals surface area contributed by atoms with Gasteiger partial charge in [-0.25, -0.2) is 8.99 Å². The van der Waals surface area contributed by atoms with E-state index in [2.05, 4.69) is 0 Å². The summed E-state index contributed by atoms with van der Waals surface area (Å²) in [7, 11) is -2.60. The Kier molecular flexibility index (Phi) is 2.76. The van der Waals surface area contributed by atoms with Crippen LogP contribution in [-0.2, 0) is 9.73 Å². The van der Waals surface area contributed by atoms with Crippen molar-refractivity contribution in [2.75, 3.05) is 0 Å². The molecular weight excluding hydrogens is 182 g/mol. The highest BCUT2D eigenvalue weighted by atomic mass is 32.2. The lowest BCUT2D eigenvalue weighted by atomic mass is 10.2. The number of hydrogen-bond acceptors (Lipinski definition) is 2. The van der Waals surface area contributed by atoms with Crippen LogP contribution >= 0.6 is 0 Å². The van der Waals surface area contributed by atoms with Crippen LogP contribution in [0.2, 0.25) is 0 Å². The van der Waals surface area contributed by atoms with Crippen molar-refractivity contribution in [2.45, 2.75) is 30.9 Å². The molecule has 0 aliphatic rings. The Morgan fingerprint density at radius 2 is 2.00 bits per heavy atom. The summed E-state index contributed by atoms with van der Waals surface area (Å²) in [5.74, 6) is 0. The summed E-state index contributed by atoms with van der Waals surface area (Å²) in [6, 6.07) is 7.39. The average molecular weight is 197 g/mol. The zero-order valence-electron chi connectivity index (χ0n) is 8.20. The van der Waals surface area contributed by atoms with Crippen molar-refractivity contribution in [1.82, 2.24) is 0 Å². The Balaban J connectivity index is 3.24. The van der Waals surface area contributed by atoms with Gasteiger partial charge in [-0.05, 0) is 38.5 Å². The van der Waals surface area contributed by atoms with Gasteiger partial charge < -0.3 is 0 Å². The van der Waals surface area contributed by atoms with E-state index in [9.17, 15) is 4.21 Å². The van der Waals surface area contributed by atoms with Gasteiger partial charge in [0.2, 0.25) is 0 Å². The maximum absolute atomic E-state index is 11.9. The van der Waals surface area contributed by atoms with Gasteiger partial charge in [-0.2, -0.15) is 0 Å². The quantitative estimate of drug-likeness (QED) is 0.778. The minimum atomic E-state index is -2.60. The molecule has 0 fully saturated rings. The molecule has 1 unspecified atom stereocenters. The van der Waals surface area contributed by atoms with E-state index in [1.807, 2.05) is 39.0 Å². The normalized spacial score (nSPS) is 15.7. The summed E-state index contributed by atoms with van der Waals surface area (Å²) in [6.45, 7) is 5.58. The van der Waals surface area contributed by atoms with Crippen LogP contribution < -0.4 is 0 Å². The van der Waals surface area contributed by atoms with Crippen LogP contribution in [0.25, 0.3) is 0 Å². The average Bonchev–Trinajstić information content (AvgIpc) is 2.04. The first-order valence-corrected chi connectivity index (χ1v) is 5.91. The van der Waals surface area contributed by atoms with Gasteiger partial charge in [0.1, 0.15) is 0 Å². The van der Waals surface area contributed by atoms with Crippen molar-refractivity contribution >= 4 is 9.73 Å². The third kappa shape index (κ3) is 2.10. The second kappa shape index (κ2) is 3.50. The predicted octanol–water partition coefficient (Wildman–Crippen LogP) is 2.81. The fraction of sp³-hybridized carbons (Fsp3) is 0.400. The van der Waals surface area contributed by atoms with Crippen LogP contribution in [0, 0.1) is 11.7 Å². The maximum Gasteiger partial charge on any atom is 0.0749 e.